The number of hydrogen-bond donors (Lipinski definition) is 0. The van der Waals surface area contributed by atoms with Crippen LogP contribution in [0, 0.1) is 0 Å². The summed E-state index contributed by atoms with van der Waals surface area (Å²) in [6.45, 7) is 5.86. The van der Waals surface area contributed by atoms with Crippen molar-refractivity contribution in [3.05, 3.63) is 37.0 Å². The molecule has 0 amide bonds. The predicted octanol–water partition coefficient (Wildman–Crippen LogP) is 4.65. The van der Waals surface area contributed by atoms with E-state index in [0.717, 1.165) is 0 Å². The molecule has 0 fully saturated rings. The Morgan fingerprint density at radius 1 is 0.923 bits per heavy atom. The lowest BCUT2D eigenvalue weighted by molar-refractivity contribution is 0.637. The third kappa shape index (κ3) is 11.2. The van der Waals surface area contributed by atoms with Crippen LogP contribution >= 0.6 is 0 Å². The van der Waals surface area contributed by atoms with Gasteiger partial charge in [-0.05, 0) is 12.8 Å². The number of hydrogen-bond acceptors (Lipinski definition) is 0. The van der Waals surface area contributed by atoms with E-state index in [1.807, 2.05) is 12.2 Å². The van der Waals surface area contributed by atoms with Gasteiger partial charge in [-0.1, -0.05) is 69.6 Å². The van der Waals surface area contributed by atoms with Crippen LogP contribution < -0.4 is 0 Å². The van der Waals surface area contributed by atoms with E-state index in [0.29, 0.717) is 0 Å². The highest BCUT2D eigenvalue weighted by Gasteiger charge is 1.85. The van der Waals surface area contributed by atoms with Crippen molar-refractivity contribution >= 4 is 0 Å². The second kappa shape index (κ2) is 11.2. The first-order valence-corrected chi connectivity index (χ1v) is 5.36. The highest BCUT2D eigenvalue weighted by atomic mass is 13.9. The molecule has 0 aromatic heterocycles. The zero-order valence-electron chi connectivity index (χ0n) is 8.84. The minimum atomic E-state index is 1.21. The Kier molecular flexibility index (Phi) is 10.5. The van der Waals surface area contributed by atoms with Gasteiger partial charge in [-0.2, -0.15) is 0 Å². The Morgan fingerprint density at radius 3 is 2.38 bits per heavy atom. The summed E-state index contributed by atoms with van der Waals surface area (Å²) in [5.74, 6) is 0. The summed E-state index contributed by atoms with van der Waals surface area (Å²) in [4.78, 5) is 0. The molecule has 0 aliphatic carbocycles. The monoisotopic (exact) mass is 178 g/mol. The maximum Gasteiger partial charge on any atom is -0.0348 e. The van der Waals surface area contributed by atoms with Gasteiger partial charge in [-0.15, -0.1) is 0 Å². The predicted molar refractivity (Wildman–Crippen MR) is 61.9 cm³/mol. The summed E-state index contributed by atoms with van der Waals surface area (Å²) < 4.78 is 0. The molecule has 0 saturated carbocycles. The lowest BCUT2D eigenvalue weighted by Gasteiger charge is -1.95. The minimum Gasteiger partial charge on any atom is -0.0991 e. The van der Waals surface area contributed by atoms with Gasteiger partial charge in [0.25, 0.3) is 0 Å². The van der Waals surface area contributed by atoms with E-state index in [1.54, 1.807) is 6.08 Å². The Morgan fingerprint density at radius 2 is 1.69 bits per heavy atom. The molecule has 0 atom stereocenters. The summed E-state index contributed by atoms with van der Waals surface area (Å²) >= 11 is 0. The van der Waals surface area contributed by atoms with Gasteiger partial charge in [0.1, 0.15) is 0 Å². The van der Waals surface area contributed by atoms with Crippen molar-refractivity contribution < 1.29 is 0 Å². The lowest BCUT2D eigenvalue weighted by atomic mass is 10.1. The van der Waals surface area contributed by atoms with Crippen molar-refractivity contribution in [1.29, 1.82) is 0 Å². The molecule has 0 unspecified atom stereocenters. The SMILES string of the molecule is C=C/C=C\C=C/CCCCCCC. The third-order valence-corrected chi connectivity index (χ3v) is 1.97. The van der Waals surface area contributed by atoms with E-state index in [1.165, 1.54) is 38.5 Å². The van der Waals surface area contributed by atoms with Crippen LogP contribution in [0.2, 0.25) is 0 Å². The first kappa shape index (κ1) is 12.2. The van der Waals surface area contributed by atoms with E-state index in [4.69, 9.17) is 0 Å². The smallest absolute Gasteiger partial charge is 0.0348 e. The van der Waals surface area contributed by atoms with Crippen molar-refractivity contribution in [2.75, 3.05) is 0 Å². The quantitative estimate of drug-likeness (QED) is 0.375. The van der Waals surface area contributed by atoms with Gasteiger partial charge in [0.05, 0.1) is 0 Å². The average Bonchev–Trinajstić information content (AvgIpc) is 2.16. The Bertz CT molecular complexity index is 151. The fraction of sp³-hybridized carbons (Fsp3) is 0.538. The summed E-state index contributed by atoms with van der Waals surface area (Å²) in [6, 6.07) is 0. The maximum atomic E-state index is 3.61. The maximum absolute atomic E-state index is 3.61. The summed E-state index contributed by atoms with van der Waals surface area (Å²) in [6.07, 6.45) is 18.1. The molecule has 0 spiro atoms. The molecule has 13 heavy (non-hydrogen) atoms. The second-order valence-electron chi connectivity index (χ2n) is 3.25. The van der Waals surface area contributed by atoms with Crippen molar-refractivity contribution in [2.24, 2.45) is 0 Å². The molecule has 0 nitrogen and oxygen atoms in total. The summed E-state index contributed by atoms with van der Waals surface area (Å²) in [5.41, 5.74) is 0. The van der Waals surface area contributed by atoms with Crippen LogP contribution in [-0.4, -0.2) is 0 Å². The van der Waals surface area contributed by atoms with Gasteiger partial charge in [0.15, 0.2) is 0 Å². The lowest BCUT2D eigenvalue weighted by Crippen LogP contribution is -1.75. The van der Waals surface area contributed by atoms with Crippen LogP contribution in [0.3, 0.4) is 0 Å². The van der Waals surface area contributed by atoms with Crippen LogP contribution in [0.25, 0.3) is 0 Å². The zero-order chi connectivity index (χ0) is 9.78. The fourth-order valence-corrected chi connectivity index (χ4v) is 1.18. The Hall–Kier alpha value is -0.780. The molecule has 0 saturated heterocycles. The normalized spacial score (nSPS) is 11.5. The van der Waals surface area contributed by atoms with Gasteiger partial charge in [0, 0.05) is 0 Å². The molecule has 0 aliphatic heterocycles. The summed E-state index contributed by atoms with van der Waals surface area (Å²) in [7, 11) is 0. The van der Waals surface area contributed by atoms with E-state index in [9.17, 15) is 0 Å². The van der Waals surface area contributed by atoms with Gasteiger partial charge in [0.2, 0.25) is 0 Å². The van der Waals surface area contributed by atoms with Crippen LogP contribution in [0.1, 0.15) is 45.4 Å². The molecule has 0 bridgehead atoms. The first-order valence-electron chi connectivity index (χ1n) is 5.36. The van der Waals surface area contributed by atoms with Crippen LogP contribution in [0.4, 0.5) is 0 Å². The molecular formula is C13H22. The van der Waals surface area contributed by atoms with Crippen LogP contribution in [-0.2, 0) is 0 Å². The minimum absolute atomic E-state index is 1.21. The fourth-order valence-electron chi connectivity index (χ4n) is 1.18. The van der Waals surface area contributed by atoms with E-state index >= 15 is 0 Å². The largest absolute Gasteiger partial charge is 0.0991 e. The summed E-state index contributed by atoms with van der Waals surface area (Å²) in [5, 5.41) is 0. The number of unbranched alkanes of at least 4 members (excludes halogenated alkanes) is 5. The number of rotatable bonds is 8. The van der Waals surface area contributed by atoms with Crippen LogP contribution in [0.15, 0.2) is 37.0 Å². The van der Waals surface area contributed by atoms with Crippen molar-refractivity contribution in [3.63, 3.8) is 0 Å². The number of allylic oxidation sites excluding steroid dienone is 5. The standard InChI is InChI=1S/C13H22/c1-3-5-7-9-11-13-12-10-8-6-4-2/h3,5,7,9,11H,1,4,6,8,10,12-13H2,2H3/b7-5-,11-9-. The third-order valence-electron chi connectivity index (χ3n) is 1.97. The molecule has 0 rings (SSSR count). The van der Waals surface area contributed by atoms with Gasteiger partial charge in [-0.25, -0.2) is 0 Å². The van der Waals surface area contributed by atoms with Gasteiger partial charge >= 0.3 is 0 Å². The van der Waals surface area contributed by atoms with Crippen molar-refractivity contribution in [3.8, 4) is 0 Å². The van der Waals surface area contributed by atoms with Crippen LogP contribution in [0.5, 0.6) is 0 Å². The molecule has 74 valence electrons. The van der Waals surface area contributed by atoms with E-state index < -0.39 is 0 Å². The molecule has 0 radical (unpaired) electrons. The molecule has 0 aromatic rings. The Balaban J connectivity index is 3.10. The molecular weight excluding hydrogens is 156 g/mol. The molecule has 0 aromatic carbocycles. The van der Waals surface area contributed by atoms with Gasteiger partial charge < -0.3 is 0 Å². The molecule has 0 heterocycles. The van der Waals surface area contributed by atoms with Gasteiger partial charge in [-0.3, -0.25) is 0 Å². The average molecular weight is 178 g/mol. The molecule has 0 N–H and O–H groups in total. The second-order valence-corrected chi connectivity index (χ2v) is 3.25. The first-order chi connectivity index (χ1) is 6.41. The zero-order valence-corrected chi connectivity index (χ0v) is 8.84. The molecule has 0 aliphatic rings. The Labute approximate surface area is 83.0 Å². The van der Waals surface area contributed by atoms with E-state index in [-0.39, 0.29) is 0 Å². The topological polar surface area (TPSA) is 0 Å². The highest BCUT2D eigenvalue weighted by Crippen LogP contribution is 2.05. The highest BCUT2D eigenvalue weighted by molar-refractivity contribution is 5.08. The molecule has 0 heteroatoms. The van der Waals surface area contributed by atoms with Crippen molar-refractivity contribution in [1.82, 2.24) is 0 Å². The van der Waals surface area contributed by atoms with E-state index in [2.05, 4.69) is 25.7 Å². The van der Waals surface area contributed by atoms with Crippen molar-refractivity contribution in [2.45, 2.75) is 45.4 Å².